The minimum atomic E-state index is -0.327. The van der Waals surface area contributed by atoms with Gasteiger partial charge in [-0.15, -0.1) is 0 Å². The fourth-order valence-corrected chi connectivity index (χ4v) is 2.98. The number of nitrogens with zero attached hydrogens (tertiary/aromatic N) is 1. The first-order valence-electron chi connectivity index (χ1n) is 7.91. The van der Waals surface area contributed by atoms with Crippen LogP contribution in [0.15, 0.2) is 65.7 Å². The second-order valence-corrected chi connectivity index (χ2v) is 5.78. The number of fused-ring (bicyclic) bond motifs is 1. The van der Waals surface area contributed by atoms with E-state index in [9.17, 15) is 9.59 Å². The van der Waals surface area contributed by atoms with E-state index in [1.54, 1.807) is 0 Å². The average molecular weight is 333 g/mol. The zero-order valence-corrected chi connectivity index (χ0v) is 13.2. The summed E-state index contributed by atoms with van der Waals surface area (Å²) in [7, 11) is 0. The highest BCUT2D eigenvalue weighted by molar-refractivity contribution is 5.94. The van der Waals surface area contributed by atoms with Crippen LogP contribution in [-0.2, 0) is 4.79 Å². The number of para-hydroxylation sites is 1. The molecule has 3 aromatic rings. The Morgan fingerprint density at radius 1 is 0.960 bits per heavy atom. The van der Waals surface area contributed by atoms with Crippen molar-refractivity contribution >= 4 is 11.7 Å². The Kier molecular flexibility index (Phi) is 3.78. The summed E-state index contributed by atoms with van der Waals surface area (Å²) in [6.07, 6.45) is 1.50. The van der Waals surface area contributed by atoms with Gasteiger partial charge in [-0.3, -0.25) is 9.59 Å². The smallest absolute Gasteiger partial charge is 0.256 e. The molecule has 0 aliphatic carbocycles. The van der Waals surface area contributed by atoms with Crippen LogP contribution in [0.4, 0.5) is 5.82 Å². The van der Waals surface area contributed by atoms with Crippen molar-refractivity contribution in [3.8, 4) is 11.5 Å². The number of hydrogen-bond donors (Lipinski definition) is 2. The van der Waals surface area contributed by atoms with E-state index in [4.69, 9.17) is 4.74 Å². The SMILES string of the molecule is O=C1CC(c2ccc(Oc3ccccc3)cc2)c2c(nc[nH]c2=O)N1. The molecule has 124 valence electrons. The second kappa shape index (κ2) is 6.24. The van der Waals surface area contributed by atoms with Gasteiger partial charge in [0.25, 0.3) is 5.56 Å². The number of aromatic amines is 1. The van der Waals surface area contributed by atoms with Crippen molar-refractivity contribution in [2.45, 2.75) is 12.3 Å². The zero-order valence-electron chi connectivity index (χ0n) is 13.2. The van der Waals surface area contributed by atoms with Gasteiger partial charge in [0.05, 0.1) is 11.9 Å². The quantitative estimate of drug-likeness (QED) is 0.771. The van der Waals surface area contributed by atoms with Crippen LogP contribution in [0, 0.1) is 0 Å². The van der Waals surface area contributed by atoms with Gasteiger partial charge in [0.2, 0.25) is 5.91 Å². The minimum Gasteiger partial charge on any atom is -0.457 e. The van der Waals surface area contributed by atoms with Gasteiger partial charge in [-0.2, -0.15) is 0 Å². The molecule has 2 N–H and O–H groups in total. The van der Waals surface area contributed by atoms with E-state index < -0.39 is 0 Å². The third-order valence-electron chi connectivity index (χ3n) is 4.15. The zero-order chi connectivity index (χ0) is 17.2. The normalized spacial score (nSPS) is 16.0. The number of ether oxygens (including phenoxy) is 1. The number of benzene rings is 2. The van der Waals surface area contributed by atoms with Crippen molar-refractivity contribution in [1.82, 2.24) is 9.97 Å². The second-order valence-electron chi connectivity index (χ2n) is 5.78. The van der Waals surface area contributed by atoms with Crippen molar-refractivity contribution in [2.24, 2.45) is 0 Å². The Hall–Kier alpha value is -3.41. The van der Waals surface area contributed by atoms with Crippen LogP contribution in [0.3, 0.4) is 0 Å². The summed E-state index contributed by atoms with van der Waals surface area (Å²) >= 11 is 0. The Balaban J connectivity index is 1.65. The van der Waals surface area contributed by atoms with Crippen LogP contribution in [0.1, 0.15) is 23.5 Å². The molecule has 0 saturated heterocycles. The summed E-state index contributed by atoms with van der Waals surface area (Å²) in [4.78, 5) is 30.8. The molecule has 0 bridgehead atoms. The Morgan fingerprint density at radius 3 is 2.44 bits per heavy atom. The van der Waals surface area contributed by atoms with Gasteiger partial charge in [0, 0.05) is 12.3 Å². The molecular formula is C19H15N3O3. The fraction of sp³-hybridized carbons (Fsp3) is 0.105. The molecule has 0 saturated carbocycles. The van der Waals surface area contributed by atoms with Crippen LogP contribution in [0.2, 0.25) is 0 Å². The molecule has 1 aliphatic heterocycles. The van der Waals surface area contributed by atoms with Crippen LogP contribution in [0.5, 0.6) is 11.5 Å². The predicted octanol–water partition coefficient (Wildman–Crippen LogP) is 3.04. The molecule has 0 spiro atoms. The maximum absolute atomic E-state index is 12.2. The number of rotatable bonds is 3. The summed E-state index contributed by atoms with van der Waals surface area (Å²) in [5, 5.41) is 2.65. The van der Waals surface area contributed by atoms with E-state index in [1.165, 1.54) is 6.33 Å². The third-order valence-corrected chi connectivity index (χ3v) is 4.15. The van der Waals surface area contributed by atoms with Gasteiger partial charge in [-0.1, -0.05) is 30.3 Å². The molecule has 6 heteroatoms. The maximum atomic E-state index is 12.2. The Labute approximate surface area is 143 Å². The van der Waals surface area contributed by atoms with Gasteiger partial charge in [-0.05, 0) is 29.8 Å². The third kappa shape index (κ3) is 3.01. The first-order chi connectivity index (χ1) is 12.2. The molecule has 25 heavy (non-hydrogen) atoms. The molecule has 0 radical (unpaired) electrons. The number of amides is 1. The number of carbonyl (C=O) groups excluding carboxylic acids is 1. The maximum Gasteiger partial charge on any atom is 0.256 e. The number of hydrogen-bond acceptors (Lipinski definition) is 4. The molecule has 1 aromatic heterocycles. The van der Waals surface area contributed by atoms with Crippen LogP contribution < -0.4 is 15.6 Å². The van der Waals surface area contributed by atoms with Gasteiger partial charge in [-0.25, -0.2) is 4.98 Å². The van der Waals surface area contributed by atoms with Crippen LogP contribution in [0.25, 0.3) is 0 Å². The van der Waals surface area contributed by atoms with Gasteiger partial charge in [0.1, 0.15) is 17.3 Å². The van der Waals surface area contributed by atoms with Crippen molar-refractivity contribution < 1.29 is 9.53 Å². The first-order valence-corrected chi connectivity index (χ1v) is 7.91. The van der Waals surface area contributed by atoms with Gasteiger partial charge < -0.3 is 15.0 Å². The fourth-order valence-electron chi connectivity index (χ4n) is 2.98. The lowest BCUT2D eigenvalue weighted by atomic mass is 9.87. The molecular weight excluding hydrogens is 318 g/mol. The first kappa shape index (κ1) is 15.1. The molecule has 4 rings (SSSR count). The number of aromatic nitrogens is 2. The lowest BCUT2D eigenvalue weighted by Crippen LogP contribution is -2.30. The van der Waals surface area contributed by atoms with Gasteiger partial charge in [0.15, 0.2) is 0 Å². The highest BCUT2D eigenvalue weighted by Gasteiger charge is 2.30. The summed E-state index contributed by atoms with van der Waals surface area (Å²) in [5.74, 6) is 1.29. The minimum absolute atomic E-state index is 0.153. The average Bonchev–Trinajstić information content (AvgIpc) is 2.62. The monoisotopic (exact) mass is 333 g/mol. The number of H-pyrrole nitrogens is 1. The molecule has 1 amide bonds. The van der Waals surface area contributed by atoms with E-state index >= 15 is 0 Å². The molecule has 6 nitrogen and oxygen atoms in total. The highest BCUT2D eigenvalue weighted by atomic mass is 16.5. The summed E-state index contributed by atoms with van der Waals surface area (Å²) in [6, 6.07) is 16.9. The number of carbonyl (C=O) groups is 1. The lowest BCUT2D eigenvalue weighted by Gasteiger charge is -2.23. The lowest BCUT2D eigenvalue weighted by molar-refractivity contribution is -0.116. The number of anilines is 1. The Morgan fingerprint density at radius 2 is 1.68 bits per heavy atom. The van der Waals surface area contributed by atoms with Crippen molar-refractivity contribution in [2.75, 3.05) is 5.32 Å². The Bertz CT molecular complexity index is 965. The molecule has 2 heterocycles. The van der Waals surface area contributed by atoms with Crippen LogP contribution >= 0.6 is 0 Å². The summed E-state index contributed by atoms with van der Waals surface area (Å²) < 4.78 is 5.78. The standard InChI is InChI=1S/C19H15N3O3/c23-16-10-15(17-18(22-16)20-11-21-19(17)24)12-6-8-14(9-7-12)25-13-4-2-1-3-5-13/h1-9,11,15H,10H2,(H2,20,21,22,23,24). The summed E-state index contributed by atoms with van der Waals surface area (Å²) in [5.41, 5.74) is 1.12. The molecule has 0 fully saturated rings. The van der Waals surface area contributed by atoms with Crippen LogP contribution in [-0.4, -0.2) is 15.9 Å². The largest absolute Gasteiger partial charge is 0.457 e. The predicted molar refractivity (Wildman–Crippen MR) is 92.9 cm³/mol. The van der Waals surface area contributed by atoms with E-state index in [0.29, 0.717) is 17.1 Å². The summed E-state index contributed by atoms with van der Waals surface area (Å²) in [6.45, 7) is 0. The van der Waals surface area contributed by atoms with Gasteiger partial charge >= 0.3 is 0 Å². The van der Waals surface area contributed by atoms with Crippen molar-refractivity contribution in [3.05, 3.63) is 82.4 Å². The van der Waals surface area contributed by atoms with E-state index in [1.807, 2.05) is 54.6 Å². The molecule has 1 aliphatic rings. The van der Waals surface area contributed by atoms with E-state index in [2.05, 4.69) is 15.3 Å². The van der Waals surface area contributed by atoms with E-state index in [0.717, 1.165) is 11.3 Å². The van der Waals surface area contributed by atoms with Crippen molar-refractivity contribution in [3.63, 3.8) is 0 Å². The molecule has 1 atom stereocenters. The molecule has 1 unspecified atom stereocenters. The van der Waals surface area contributed by atoms with Crippen molar-refractivity contribution in [1.29, 1.82) is 0 Å². The highest BCUT2D eigenvalue weighted by Crippen LogP contribution is 2.34. The topological polar surface area (TPSA) is 84.1 Å². The number of nitrogens with one attached hydrogen (secondary N) is 2. The van der Waals surface area contributed by atoms with E-state index in [-0.39, 0.29) is 23.8 Å². The molecule has 2 aromatic carbocycles.